The maximum absolute atomic E-state index is 13.3. The minimum atomic E-state index is -0.877. The van der Waals surface area contributed by atoms with Gasteiger partial charge in [-0.15, -0.1) is 12.4 Å². The normalized spacial score (nSPS) is 24.8. The minimum absolute atomic E-state index is 0. The summed E-state index contributed by atoms with van der Waals surface area (Å²) >= 11 is 0. The summed E-state index contributed by atoms with van der Waals surface area (Å²) in [7, 11) is 0. The second-order valence-electron chi connectivity index (χ2n) is 8.25. The van der Waals surface area contributed by atoms with Crippen molar-refractivity contribution in [1.29, 1.82) is 0 Å². The number of nitrogens with two attached hydrogens (primary N) is 1. The van der Waals surface area contributed by atoms with Gasteiger partial charge in [0.25, 0.3) is 0 Å². The molecule has 0 bridgehead atoms. The van der Waals surface area contributed by atoms with Gasteiger partial charge in [-0.1, -0.05) is 13.8 Å². The summed E-state index contributed by atoms with van der Waals surface area (Å²) in [6.45, 7) is 13.0. The number of nitrogens with zero attached hydrogens (tertiary/aromatic N) is 1. The number of fused-ring (bicyclic) bond motifs is 1. The Labute approximate surface area is 180 Å². The molecular formula is C22H35ClN2O4. The van der Waals surface area contributed by atoms with Crippen molar-refractivity contribution in [3.8, 4) is 11.5 Å². The maximum Gasteiger partial charge on any atom is 0.243 e. The van der Waals surface area contributed by atoms with Crippen LogP contribution in [0.25, 0.3) is 0 Å². The zero-order valence-electron chi connectivity index (χ0n) is 18.2. The molecule has 6 nitrogen and oxygen atoms in total. The van der Waals surface area contributed by atoms with Crippen LogP contribution in [0.4, 0.5) is 0 Å². The average molecular weight is 427 g/mol. The first-order valence-corrected chi connectivity index (χ1v) is 10.4. The molecule has 1 aliphatic carbocycles. The van der Waals surface area contributed by atoms with E-state index < -0.39 is 5.54 Å². The summed E-state index contributed by atoms with van der Waals surface area (Å²) < 4.78 is 17.3. The van der Waals surface area contributed by atoms with Crippen molar-refractivity contribution in [2.45, 2.75) is 65.6 Å². The summed E-state index contributed by atoms with van der Waals surface area (Å²) in [5.74, 6) is 1.53. The zero-order chi connectivity index (χ0) is 20.5. The minimum Gasteiger partial charge on any atom is -0.490 e. The van der Waals surface area contributed by atoms with Gasteiger partial charge in [0.15, 0.2) is 11.5 Å². The predicted octanol–water partition coefficient (Wildman–Crippen LogP) is 3.32. The third-order valence-corrected chi connectivity index (χ3v) is 6.38. The molecule has 1 heterocycles. The molecule has 7 heteroatoms. The number of carbonyl (C=O) groups excluding carboxylic acids is 1. The second kappa shape index (κ2) is 9.11. The van der Waals surface area contributed by atoms with Gasteiger partial charge < -0.3 is 24.8 Å². The second-order valence-corrected chi connectivity index (χ2v) is 8.25. The Kier molecular flexibility index (Phi) is 7.47. The molecule has 0 saturated heterocycles. The number of hydrogen-bond donors (Lipinski definition) is 1. The molecule has 29 heavy (non-hydrogen) atoms. The molecule has 1 aromatic rings. The molecule has 0 radical (unpaired) electrons. The Bertz CT molecular complexity index is 740. The van der Waals surface area contributed by atoms with Crippen LogP contribution in [0.5, 0.6) is 11.5 Å². The Morgan fingerprint density at radius 3 is 2.21 bits per heavy atom. The number of ether oxygens (including phenoxy) is 3. The summed E-state index contributed by atoms with van der Waals surface area (Å²) in [6.07, 6.45) is 1.39. The van der Waals surface area contributed by atoms with E-state index in [1.807, 2.05) is 45.6 Å². The van der Waals surface area contributed by atoms with Crippen LogP contribution in [0, 0.1) is 5.41 Å². The van der Waals surface area contributed by atoms with Crippen molar-refractivity contribution >= 4 is 18.3 Å². The van der Waals surface area contributed by atoms with Crippen LogP contribution < -0.4 is 15.2 Å². The first-order chi connectivity index (χ1) is 13.3. The van der Waals surface area contributed by atoms with Gasteiger partial charge >= 0.3 is 0 Å². The van der Waals surface area contributed by atoms with Gasteiger partial charge in [-0.2, -0.15) is 0 Å². The van der Waals surface area contributed by atoms with Crippen LogP contribution in [0.3, 0.4) is 0 Å². The van der Waals surface area contributed by atoms with Gasteiger partial charge in [-0.25, -0.2) is 0 Å². The molecule has 1 aliphatic heterocycles. The zero-order valence-corrected chi connectivity index (χ0v) is 19.1. The Morgan fingerprint density at radius 1 is 1.10 bits per heavy atom. The first-order valence-electron chi connectivity index (χ1n) is 10.4. The molecular weight excluding hydrogens is 392 g/mol. The third kappa shape index (κ3) is 4.07. The predicted molar refractivity (Wildman–Crippen MR) is 116 cm³/mol. The van der Waals surface area contributed by atoms with Crippen molar-refractivity contribution < 1.29 is 19.0 Å². The Balaban J connectivity index is 0.00000300. The van der Waals surface area contributed by atoms with Crippen molar-refractivity contribution in [1.82, 2.24) is 4.90 Å². The van der Waals surface area contributed by atoms with Crippen molar-refractivity contribution in [2.75, 3.05) is 26.4 Å². The lowest BCUT2D eigenvalue weighted by molar-refractivity contribution is -0.180. The number of benzene rings is 1. The third-order valence-electron chi connectivity index (χ3n) is 6.38. The fourth-order valence-corrected chi connectivity index (χ4v) is 4.35. The Morgan fingerprint density at radius 2 is 1.69 bits per heavy atom. The number of carbonyl (C=O) groups is 1. The van der Waals surface area contributed by atoms with E-state index in [4.69, 9.17) is 19.9 Å². The molecule has 3 rings (SSSR count). The number of rotatable bonds is 7. The molecule has 0 spiro atoms. The molecule has 1 saturated carbocycles. The maximum atomic E-state index is 13.3. The summed E-state index contributed by atoms with van der Waals surface area (Å²) in [4.78, 5) is 15.2. The van der Waals surface area contributed by atoms with Crippen LogP contribution >= 0.6 is 12.4 Å². The van der Waals surface area contributed by atoms with Gasteiger partial charge in [0.05, 0.1) is 19.3 Å². The molecule has 2 atom stereocenters. The highest BCUT2D eigenvalue weighted by atomic mass is 35.5. The van der Waals surface area contributed by atoms with Crippen LogP contribution in [0.2, 0.25) is 0 Å². The number of amides is 1. The van der Waals surface area contributed by atoms with E-state index in [-0.39, 0.29) is 29.8 Å². The monoisotopic (exact) mass is 426 g/mol. The first kappa shape index (κ1) is 23.8. The summed E-state index contributed by atoms with van der Waals surface area (Å²) in [6, 6.07) is 4.07. The fraction of sp³-hybridized carbons (Fsp3) is 0.682. The highest BCUT2D eigenvalue weighted by molar-refractivity contribution is 5.89. The Hall–Kier alpha value is -1.50. The average Bonchev–Trinajstić information content (AvgIpc) is 2.67. The van der Waals surface area contributed by atoms with E-state index in [2.05, 4.69) is 6.07 Å². The smallest absolute Gasteiger partial charge is 0.243 e. The lowest BCUT2D eigenvalue weighted by Crippen LogP contribution is -2.76. The van der Waals surface area contributed by atoms with Crippen LogP contribution in [-0.4, -0.2) is 48.8 Å². The number of halogens is 1. The van der Waals surface area contributed by atoms with Crippen LogP contribution in [0.1, 0.15) is 52.2 Å². The van der Waals surface area contributed by atoms with Crippen LogP contribution in [-0.2, 0) is 22.5 Å². The summed E-state index contributed by atoms with van der Waals surface area (Å²) in [5, 5.41) is 0. The highest BCUT2D eigenvalue weighted by Crippen LogP contribution is 2.51. The van der Waals surface area contributed by atoms with E-state index >= 15 is 0 Å². The molecule has 2 aliphatic rings. The lowest BCUT2D eigenvalue weighted by atomic mass is 9.54. The van der Waals surface area contributed by atoms with E-state index in [1.54, 1.807) is 0 Å². The summed E-state index contributed by atoms with van der Waals surface area (Å²) in [5.41, 5.74) is 7.68. The largest absolute Gasteiger partial charge is 0.490 e. The molecule has 164 valence electrons. The topological polar surface area (TPSA) is 74.0 Å². The van der Waals surface area contributed by atoms with E-state index in [0.717, 1.165) is 23.5 Å². The molecule has 1 amide bonds. The van der Waals surface area contributed by atoms with Gasteiger partial charge in [-0.05, 0) is 50.5 Å². The highest BCUT2D eigenvalue weighted by Gasteiger charge is 2.63. The molecule has 1 aromatic carbocycles. The van der Waals surface area contributed by atoms with Gasteiger partial charge in [0, 0.05) is 31.5 Å². The van der Waals surface area contributed by atoms with E-state index in [0.29, 0.717) is 39.3 Å². The van der Waals surface area contributed by atoms with Gasteiger partial charge in [-0.3, -0.25) is 4.79 Å². The van der Waals surface area contributed by atoms with Crippen molar-refractivity contribution in [3.63, 3.8) is 0 Å². The quantitative estimate of drug-likeness (QED) is 0.723. The SMILES string of the molecule is CCOc1cc2c(cc1OCC)CN(C(=O)C1(N)CC(OCC)C1(C)C)CC2.Cl. The van der Waals surface area contributed by atoms with Gasteiger partial charge in [0.2, 0.25) is 5.91 Å². The van der Waals surface area contributed by atoms with Crippen LogP contribution in [0.15, 0.2) is 12.1 Å². The fourth-order valence-electron chi connectivity index (χ4n) is 4.35. The van der Waals surface area contributed by atoms with E-state index in [9.17, 15) is 4.79 Å². The molecule has 2 unspecified atom stereocenters. The standard InChI is InChI=1S/C22H34N2O4.ClH/c1-6-26-17-11-15-9-10-24(14-16(15)12-18(17)27-7-2)20(25)22(23)13-19(28-8-3)21(22,4)5;/h11-12,19H,6-10,13-14,23H2,1-5H3;1H. The lowest BCUT2D eigenvalue weighted by Gasteiger charge is -2.58. The number of hydrogen-bond acceptors (Lipinski definition) is 5. The van der Waals surface area contributed by atoms with Crippen molar-refractivity contribution in [2.24, 2.45) is 11.1 Å². The molecule has 2 N–H and O–H groups in total. The molecule has 1 fully saturated rings. The molecule has 0 aromatic heterocycles. The van der Waals surface area contributed by atoms with Crippen molar-refractivity contribution in [3.05, 3.63) is 23.3 Å². The van der Waals surface area contributed by atoms with Gasteiger partial charge in [0.1, 0.15) is 5.54 Å². The van der Waals surface area contributed by atoms with E-state index in [1.165, 1.54) is 5.56 Å².